The second-order valence-corrected chi connectivity index (χ2v) is 5.82. The van der Waals surface area contributed by atoms with Crippen molar-refractivity contribution in [3.05, 3.63) is 51.5 Å². The first-order valence-corrected chi connectivity index (χ1v) is 7.60. The summed E-state index contributed by atoms with van der Waals surface area (Å²) in [7, 11) is 0. The number of amides is 2. The van der Waals surface area contributed by atoms with Gasteiger partial charge in [0.15, 0.2) is 0 Å². The number of carbonyl (C=O) groups is 1. The minimum atomic E-state index is -0.710. The number of rotatable bonds is 5. The third-order valence-corrected chi connectivity index (χ3v) is 3.95. The number of nitrogens with zero attached hydrogens (tertiary/aromatic N) is 1. The summed E-state index contributed by atoms with van der Waals surface area (Å²) in [5, 5.41) is 18.2. The molecule has 0 aliphatic rings. The zero-order chi connectivity index (χ0) is 15.2. The van der Waals surface area contributed by atoms with Crippen molar-refractivity contribution in [2.45, 2.75) is 26.5 Å². The maximum atomic E-state index is 11.7. The number of aliphatic hydroxyl groups is 1. The zero-order valence-corrected chi connectivity index (χ0v) is 12.9. The lowest BCUT2D eigenvalue weighted by Gasteiger charge is -2.13. The molecule has 2 rings (SSSR count). The molecule has 1 atom stereocenters. The maximum absolute atomic E-state index is 11.7. The van der Waals surface area contributed by atoms with Crippen molar-refractivity contribution in [2.24, 2.45) is 0 Å². The number of thiazole rings is 1. The number of hydrogen-bond donors (Lipinski definition) is 3. The summed E-state index contributed by atoms with van der Waals surface area (Å²) < 4.78 is 0. The third-order valence-electron chi connectivity index (χ3n) is 2.98. The Morgan fingerprint density at radius 2 is 2.00 bits per heavy atom. The second-order valence-electron chi connectivity index (χ2n) is 4.87. The Kier molecular flexibility index (Phi) is 5.30. The van der Waals surface area contributed by atoms with E-state index in [1.807, 2.05) is 43.5 Å². The molecule has 1 aromatic carbocycles. The number of aryl methyl sites for hydroxylation is 2. The van der Waals surface area contributed by atoms with E-state index in [2.05, 4.69) is 15.6 Å². The molecule has 21 heavy (non-hydrogen) atoms. The highest BCUT2D eigenvalue weighted by Crippen LogP contribution is 2.12. The number of urea groups is 1. The van der Waals surface area contributed by atoms with Crippen LogP contribution in [-0.4, -0.2) is 22.7 Å². The highest BCUT2D eigenvalue weighted by Gasteiger charge is 2.09. The zero-order valence-electron chi connectivity index (χ0n) is 12.1. The van der Waals surface area contributed by atoms with Gasteiger partial charge in [-0.25, -0.2) is 9.78 Å². The van der Waals surface area contributed by atoms with Gasteiger partial charge in [-0.15, -0.1) is 11.3 Å². The van der Waals surface area contributed by atoms with Crippen LogP contribution in [-0.2, 0) is 6.54 Å². The van der Waals surface area contributed by atoms with Gasteiger partial charge in [-0.2, -0.15) is 0 Å². The number of carbonyl (C=O) groups excluding carboxylic acids is 1. The van der Waals surface area contributed by atoms with Crippen LogP contribution >= 0.6 is 11.3 Å². The van der Waals surface area contributed by atoms with E-state index in [0.717, 1.165) is 21.8 Å². The third kappa shape index (κ3) is 4.84. The Morgan fingerprint density at radius 1 is 1.29 bits per heavy atom. The van der Waals surface area contributed by atoms with Gasteiger partial charge < -0.3 is 15.7 Å². The second kappa shape index (κ2) is 7.19. The minimum Gasteiger partial charge on any atom is -0.387 e. The van der Waals surface area contributed by atoms with Gasteiger partial charge in [-0.05, 0) is 19.4 Å². The molecule has 0 saturated carbocycles. The average Bonchev–Trinajstić information content (AvgIpc) is 2.89. The van der Waals surface area contributed by atoms with Crippen LogP contribution in [0.4, 0.5) is 4.79 Å². The molecule has 2 aromatic rings. The van der Waals surface area contributed by atoms with Crippen molar-refractivity contribution in [3.63, 3.8) is 0 Å². The lowest BCUT2D eigenvalue weighted by molar-refractivity contribution is 0.173. The van der Waals surface area contributed by atoms with E-state index in [-0.39, 0.29) is 12.6 Å². The first-order valence-electron chi connectivity index (χ1n) is 6.72. The fourth-order valence-corrected chi connectivity index (χ4v) is 2.51. The SMILES string of the molecule is Cc1ccc([C@@H](O)CNC(=O)NCc2nc(C)cs2)cc1. The Labute approximate surface area is 128 Å². The average molecular weight is 305 g/mol. The van der Waals surface area contributed by atoms with E-state index in [1.165, 1.54) is 11.3 Å². The molecule has 5 nitrogen and oxygen atoms in total. The van der Waals surface area contributed by atoms with Crippen molar-refractivity contribution < 1.29 is 9.90 Å². The van der Waals surface area contributed by atoms with E-state index >= 15 is 0 Å². The van der Waals surface area contributed by atoms with Crippen LogP contribution in [0.2, 0.25) is 0 Å². The van der Waals surface area contributed by atoms with Crippen molar-refractivity contribution in [2.75, 3.05) is 6.54 Å². The molecule has 3 N–H and O–H groups in total. The van der Waals surface area contributed by atoms with Gasteiger partial charge in [0.05, 0.1) is 12.6 Å². The molecule has 112 valence electrons. The Morgan fingerprint density at radius 3 is 2.62 bits per heavy atom. The predicted molar refractivity (Wildman–Crippen MR) is 83.2 cm³/mol. The first kappa shape index (κ1) is 15.5. The van der Waals surface area contributed by atoms with Gasteiger partial charge >= 0.3 is 6.03 Å². The molecule has 0 spiro atoms. The molecule has 0 unspecified atom stereocenters. The van der Waals surface area contributed by atoms with Crippen molar-refractivity contribution in [1.82, 2.24) is 15.6 Å². The molecule has 1 heterocycles. The summed E-state index contributed by atoms with van der Waals surface area (Å²) in [4.78, 5) is 15.9. The van der Waals surface area contributed by atoms with E-state index in [1.54, 1.807) is 0 Å². The molecule has 0 saturated heterocycles. The van der Waals surface area contributed by atoms with Gasteiger partial charge in [0, 0.05) is 17.6 Å². The predicted octanol–water partition coefficient (Wildman–Crippen LogP) is 2.29. The number of benzene rings is 1. The Bertz CT molecular complexity index is 595. The summed E-state index contributed by atoms with van der Waals surface area (Å²) in [6.45, 7) is 4.47. The summed E-state index contributed by atoms with van der Waals surface area (Å²) in [5.41, 5.74) is 2.87. The van der Waals surface area contributed by atoms with E-state index in [0.29, 0.717) is 6.54 Å². The molecule has 0 aliphatic heterocycles. The van der Waals surface area contributed by atoms with Gasteiger partial charge in [0.25, 0.3) is 0 Å². The monoisotopic (exact) mass is 305 g/mol. The lowest BCUT2D eigenvalue weighted by atomic mass is 10.1. The quantitative estimate of drug-likeness (QED) is 0.793. The highest BCUT2D eigenvalue weighted by atomic mass is 32.1. The standard InChI is InChI=1S/C15H19N3O2S/c1-10-3-5-12(6-4-10)13(19)7-16-15(20)17-8-14-18-11(2)9-21-14/h3-6,9,13,19H,7-8H2,1-2H3,(H2,16,17,20)/t13-/m0/s1. The van der Waals surface area contributed by atoms with E-state index in [9.17, 15) is 9.90 Å². The van der Waals surface area contributed by atoms with Crippen LogP contribution in [0.1, 0.15) is 27.9 Å². The normalized spacial score (nSPS) is 12.0. The van der Waals surface area contributed by atoms with Crippen LogP contribution in [0.3, 0.4) is 0 Å². The largest absolute Gasteiger partial charge is 0.387 e. The van der Waals surface area contributed by atoms with E-state index < -0.39 is 6.10 Å². The number of aliphatic hydroxyl groups excluding tert-OH is 1. The maximum Gasteiger partial charge on any atom is 0.315 e. The topological polar surface area (TPSA) is 74.2 Å². The Balaban J connectivity index is 1.74. The first-order chi connectivity index (χ1) is 10.0. The van der Waals surface area contributed by atoms with Gasteiger partial charge in [-0.1, -0.05) is 29.8 Å². The molecule has 0 bridgehead atoms. The van der Waals surface area contributed by atoms with Crippen LogP contribution in [0.5, 0.6) is 0 Å². The van der Waals surface area contributed by atoms with Crippen LogP contribution in [0.15, 0.2) is 29.6 Å². The van der Waals surface area contributed by atoms with Gasteiger partial charge in [-0.3, -0.25) is 0 Å². The van der Waals surface area contributed by atoms with Crippen LogP contribution in [0, 0.1) is 13.8 Å². The highest BCUT2D eigenvalue weighted by molar-refractivity contribution is 7.09. The molecule has 2 amide bonds. The molecular formula is C15H19N3O2S. The Hall–Kier alpha value is -1.92. The number of nitrogens with one attached hydrogen (secondary N) is 2. The van der Waals surface area contributed by atoms with Gasteiger partial charge in [0.2, 0.25) is 0 Å². The molecule has 0 radical (unpaired) electrons. The van der Waals surface area contributed by atoms with E-state index in [4.69, 9.17) is 0 Å². The number of aromatic nitrogens is 1. The molecule has 1 aromatic heterocycles. The fraction of sp³-hybridized carbons (Fsp3) is 0.333. The summed E-state index contributed by atoms with van der Waals surface area (Å²) in [6.07, 6.45) is -0.710. The molecule has 0 aliphatic carbocycles. The lowest BCUT2D eigenvalue weighted by Crippen LogP contribution is -2.37. The van der Waals surface area contributed by atoms with Crippen molar-refractivity contribution >= 4 is 17.4 Å². The van der Waals surface area contributed by atoms with Crippen molar-refractivity contribution in [1.29, 1.82) is 0 Å². The van der Waals surface area contributed by atoms with Crippen molar-refractivity contribution in [3.8, 4) is 0 Å². The summed E-state index contributed by atoms with van der Waals surface area (Å²) in [6, 6.07) is 7.27. The summed E-state index contributed by atoms with van der Waals surface area (Å²) >= 11 is 1.51. The number of hydrogen-bond acceptors (Lipinski definition) is 4. The smallest absolute Gasteiger partial charge is 0.315 e. The molecule has 0 fully saturated rings. The molecule has 6 heteroatoms. The van der Waals surface area contributed by atoms with Crippen LogP contribution < -0.4 is 10.6 Å². The summed E-state index contributed by atoms with van der Waals surface area (Å²) in [5.74, 6) is 0. The minimum absolute atomic E-state index is 0.172. The molecular weight excluding hydrogens is 286 g/mol. The van der Waals surface area contributed by atoms with Crippen LogP contribution in [0.25, 0.3) is 0 Å². The van der Waals surface area contributed by atoms with Gasteiger partial charge in [0.1, 0.15) is 5.01 Å². The fourth-order valence-electron chi connectivity index (χ4n) is 1.80.